The minimum absolute atomic E-state index is 0. The molecule has 0 aromatic carbocycles. The maximum absolute atomic E-state index is 16.4. The van der Waals surface area contributed by atoms with Crippen LogP contribution in [0.2, 0.25) is 0 Å². The quantitative estimate of drug-likeness (QED) is 0.0948. The Kier molecular flexibility index (Phi) is 26.8. The fraction of sp³-hybridized carbons (Fsp3) is 0.905. The summed E-state index contributed by atoms with van der Waals surface area (Å²) in [5.74, 6) is 5.01. The predicted octanol–water partition coefficient (Wildman–Crippen LogP) is 5.00. The number of carbonyl (C=O) groups excluding carboxylic acids is 4. The Morgan fingerprint density at radius 2 is 0.980 bits per heavy atom. The summed E-state index contributed by atoms with van der Waals surface area (Å²) in [4.78, 5) is 53.8. The Labute approximate surface area is 695 Å². The van der Waals surface area contributed by atoms with Gasteiger partial charge in [-0.2, -0.15) is 10.0 Å². The van der Waals surface area contributed by atoms with Crippen LogP contribution in [0.5, 0.6) is 0 Å². The molecule has 560 valence electrons. The molecule has 0 spiro atoms. The predicted molar refractivity (Wildman–Crippen MR) is 364 cm³/mol. The van der Waals surface area contributed by atoms with Crippen LogP contribution in [-0.2, 0) is 41.9 Å². The van der Waals surface area contributed by atoms with Crippen LogP contribution >= 0.6 is 15.9 Å². The van der Waals surface area contributed by atoms with Crippen molar-refractivity contribution in [3.63, 3.8) is 0 Å². The summed E-state index contributed by atoms with van der Waals surface area (Å²) in [5, 5.41) is 77.7. The summed E-state index contributed by atoms with van der Waals surface area (Å²) in [5.41, 5.74) is -5.45. The number of aliphatic hydroxyl groups is 3. The number of tetrazole rings is 3. The van der Waals surface area contributed by atoms with Crippen molar-refractivity contribution in [3.05, 3.63) is 17.5 Å². The molecule has 3 aromatic heterocycles. The van der Waals surface area contributed by atoms with E-state index in [1.165, 1.54) is 4.80 Å². The van der Waals surface area contributed by atoms with Gasteiger partial charge in [0.15, 0.2) is 29.3 Å². The number of rotatable bonds is 9. The Balaban J connectivity index is 0.000000161. The Bertz CT molecular complexity index is 3400. The molecule has 102 heavy (non-hydrogen) atoms. The van der Waals surface area contributed by atoms with E-state index < -0.39 is 45.9 Å². The molecule has 12 aliphatic carbocycles. The van der Waals surface area contributed by atoms with E-state index in [2.05, 4.69) is 93.1 Å². The molecule has 0 radical (unpaired) electrons. The number of alkyl halides is 4. The van der Waals surface area contributed by atoms with Gasteiger partial charge in [-0.3, -0.25) is 14.4 Å². The molecule has 1 aliphatic heterocycles. The Morgan fingerprint density at radius 3 is 1.31 bits per heavy atom. The average molecular weight is 1550 g/mol. The zero-order chi connectivity index (χ0) is 71.8. The van der Waals surface area contributed by atoms with Crippen LogP contribution in [0.1, 0.15) is 247 Å². The van der Waals surface area contributed by atoms with Gasteiger partial charge in [0.05, 0.1) is 22.1 Å². The number of carbonyl (C=O) groups is 4. The van der Waals surface area contributed by atoms with Gasteiger partial charge in [0.25, 0.3) is 0 Å². The molecule has 25 atom stereocenters. The second-order valence-electron chi connectivity index (χ2n) is 35.5. The van der Waals surface area contributed by atoms with Gasteiger partial charge < -0.3 is 31.6 Å². The first-order valence-electron chi connectivity index (χ1n) is 38.2. The van der Waals surface area contributed by atoms with E-state index in [0.717, 1.165) is 122 Å². The van der Waals surface area contributed by atoms with Gasteiger partial charge in [-0.25, -0.2) is 22.6 Å². The zero-order valence-corrected chi connectivity index (χ0v) is 70.5. The number of ether oxygens (including phenoxy) is 1. The van der Waals surface area contributed by atoms with Gasteiger partial charge in [0, 0.05) is 24.4 Å². The monoisotopic (exact) mass is 1540 g/mol. The third-order valence-corrected chi connectivity index (χ3v) is 30.4. The molecule has 1 saturated heterocycles. The number of hydrogen-bond donors (Lipinski definition) is 4. The molecule has 0 bridgehead atoms. The van der Waals surface area contributed by atoms with Crippen LogP contribution < -0.4 is 108 Å². The molecule has 13 aliphatic rings. The zero-order valence-electron chi connectivity index (χ0n) is 63.7. The summed E-state index contributed by atoms with van der Waals surface area (Å²) in [7, 11) is 0. The van der Waals surface area contributed by atoms with Crippen LogP contribution in [0.4, 0.5) is 13.2 Å². The van der Waals surface area contributed by atoms with Crippen LogP contribution in [-0.4, -0.2) is 152 Å². The fourth-order valence-corrected chi connectivity index (χ4v) is 25.3. The molecule has 3 aromatic rings. The van der Waals surface area contributed by atoms with Crippen molar-refractivity contribution in [2.45, 2.75) is 302 Å². The Morgan fingerprint density at radius 1 is 0.549 bits per heavy atom. The molecule has 16 rings (SSSR count). The van der Waals surface area contributed by atoms with Gasteiger partial charge >= 0.3 is 109 Å². The van der Waals surface area contributed by atoms with Crippen molar-refractivity contribution in [2.24, 2.45) is 105 Å². The number of nitrogens with one attached hydrogen (secondary N) is 1. The normalized spacial score (nSPS) is 44.6. The summed E-state index contributed by atoms with van der Waals surface area (Å²) >= 11 is 3.37. The molecular formula is C74H114BrF3K2N12O10. The number of nitrogens with zero attached hydrogens (tertiary/aromatic N) is 11. The molecular weight excluding hydrogens is 1430 g/mol. The first kappa shape index (κ1) is 83.5. The summed E-state index contributed by atoms with van der Waals surface area (Å²) in [6.45, 7) is 18.8. The first-order chi connectivity index (χ1) is 47.2. The van der Waals surface area contributed by atoms with E-state index in [-0.39, 0.29) is 198 Å². The van der Waals surface area contributed by atoms with Gasteiger partial charge in [0.2, 0.25) is 0 Å². The standard InChI is InChI=1S/2C23H35FN4O2.C21H32BrFO2.C5H8O4.C2H4N4.2K.H/c1-14-25-26-27-28(14)13-20(29)19-7-6-17-16-5-4-15-12-21(2,30)10-11-23(15,24)18(16)8-9-22(17,19)3;1-14-25-27-28(26-14)13-20(29)19-7-6-17-16-5-4-15-12-21(2,30)10-11-23(15,24)18(16)8-9-22(17,19)3;1-19(25)9-10-21(23)13(11-19)3-4-14-15-5-6-17(18(24)12-22)20(15,2)8-7-16(14)21;6-5(9-7)4-2-1-3-8-4;1-2-3-5-6-4-2;;;/h2*15-19,30H,4-13H2,1-3H3;13-17,25H,3-12H2,1-2H3;4,7H,1-3H2;1H3,(H,3,4,5,6);;;/q;;;;;2*+1;-1/p-1/t2*15-,16+,17+,18+,19-,21-,22+,23-;13-,14+,15+,16+,17-,19-,20+,21-;;;;;/m111...../s1. The van der Waals surface area contributed by atoms with E-state index in [1.807, 2.05) is 27.7 Å². The van der Waals surface area contributed by atoms with Gasteiger partial charge in [-0.1, -0.05) is 41.9 Å². The van der Waals surface area contributed by atoms with E-state index in [9.17, 15) is 39.8 Å². The minimum Gasteiger partial charge on any atom is -1.00 e. The van der Waals surface area contributed by atoms with E-state index >= 15 is 13.2 Å². The molecule has 0 amide bonds. The number of aromatic amines is 1. The fourth-order valence-electron chi connectivity index (χ4n) is 24.9. The van der Waals surface area contributed by atoms with Gasteiger partial charge in [-0.05, 0) is 331 Å². The van der Waals surface area contributed by atoms with Crippen molar-refractivity contribution >= 4 is 39.2 Å². The second kappa shape index (κ2) is 32.8. The average Bonchev–Trinajstić information content (AvgIpc) is 1.58. The van der Waals surface area contributed by atoms with Crippen LogP contribution in [0, 0.1) is 126 Å². The summed E-state index contributed by atoms with van der Waals surface area (Å²) in [6, 6.07) is 0. The third-order valence-electron chi connectivity index (χ3n) is 29.8. The molecule has 4 N–H and O–H groups in total. The minimum atomic E-state index is -1.13. The molecule has 13 fully saturated rings. The van der Waals surface area contributed by atoms with Crippen LogP contribution in [0.15, 0.2) is 0 Å². The summed E-state index contributed by atoms with van der Waals surface area (Å²) in [6.07, 6.45) is 23.2. The second-order valence-corrected chi connectivity index (χ2v) is 36.1. The van der Waals surface area contributed by atoms with Crippen molar-refractivity contribution < 1.29 is 167 Å². The van der Waals surface area contributed by atoms with Gasteiger partial charge in [-0.15, -0.1) is 25.5 Å². The number of aryl methyl sites for hydroxylation is 3. The van der Waals surface area contributed by atoms with Crippen LogP contribution in [0.25, 0.3) is 0 Å². The Hall–Kier alpha value is -0.967. The molecule has 4 heterocycles. The molecule has 1 unspecified atom stereocenters. The number of halogens is 4. The third kappa shape index (κ3) is 16.5. The van der Waals surface area contributed by atoms with Gasteiger partial charge in [0.1, 0.15) is 41.7 Å². The van der Waals surface area contributed by atoms with E-state index in [1.54, 1.807) is 18.5 Å². The van der Waals surface area contributed by atoms with Crippen molar-refractivity contribution in [2.75, 3.05) is 11.9 Å². The number of ketones is 3. The smallest absolute Gasteiger partial charge is 1.00 e. The van der Waals surface area contributed by atoms with E-state index in [0.29, 0.717) is 135 Å². The molecule has 22 nitrogen and oxygen atoms in total. The van der Waals surface area contributed by atoms with Crippen molar-refractivity contribution in [3.8, 4) is 0 Å². The summed E-state index contributed by atoms with van der Waals surface area (Å²) < 4.78 is 55.5. The number of H-pyrrole nitrogens is 1. The van der Waals surface area contributed by atoms with Crippen LogP contribution in [0.3, 0.4) is 0 Å². The number of Topliss-reactive ketones (excluding diaryl/α,β-unsaturated/α-hetero) is 3. The number of aromatic nitrogens is 12. The topological polar surface area (TPSA) is 312 Å². The van der Waals surface area contributed by atoms with E-state index in [4.69, 9.17) is 4.74 Å². The largest absolute Gasteiger partial charge is 1.00 e. The first-order valence-corrected chi connectivity index (χ1v) is 39.3. The van der Waals surface area contributed by atoms with Crippen molar-refractivity contribution in [1.82, 2.24) is 61.0 Å². The maximum atomic E-state index is 16.4. The SMILES string of the molecule is C[C@@]1(O)CC[C@@]2(F)[C@H](CC[C@H]3[C@@H]4CC[C@H](C(=O)CBr)[C@@]4(C)CC[C@@H]32)C1.Cc1nn[nH]n1.Cc1nnn(CC(=O)[C@H]2CC[C@H]3[C@@H]4CC[C@@H]5C[C@](C)(O)CC[C@]5(F)[C@H]4CC[C@]23C)n1.Cc1nnnn1CC(=O)[C@H]1CC[C@H]2[C@@H]3CC[C@@H]4C[C@](C)(O)CC[C@]4(F)[C@H]3CC[C@]12C.O=C(O[O-])C1CCCO1.[H-].[K+].[K+]. The number of fused-ring (bicyclic) bond motifs is 15. The maximum Gasteiger partial charge on any atom is 1.00 e. The molecule has 28 heteroatoms. The number of hydrogen-bond acceptors (Lipinski definition) is 19. The molecule has 12 saturated carbocycles. The van der Waals surface area contributed by atoms with Crippen molar-refractivity contribution in [1.29, 1.82) is 0 Å².